The number of anilines is 1. The number of carboxylic acid groups (broad SMARTS) is 1. The molecule has 0 radical (unpaired) electrons. The number of hydrogen-bond donors (Lipinski definition) is 3. The highest BCUT2D eigenvalue weighted by atomic mass is 35.5. The molecule has 67 heavy (non-hydrogen) atoms. The minimum Gasteiger partial charge on any atom is -0.489 e. The Kier molecular flexibility index (Phi) is 14.1. The molecular weight excluding hydrogens is 914 g/mol. The van der Waals surface area contributed by atoms with Gasteiger partial charge >= 0.3 is 5.97 Å². The minimum atomic E-state index is -4.41. The fourth-order valence-corrected chi connectivity index (χ4v) is 10.0. The van der Waals surface area contributed by atoms with Crippen LogP contribution in [-0.2, 0) is 45.6 Å². The molecule has 6 aromatic rings. The Morgan fingerprint density at radius 1 is 0.896 bits per heavy atom. The first-order valence-corrected chi connectivity index (χ1v) is 23.8. The zero-order valence-electron chi connectivity index (χ0n) is 36.8. The molecule has 0 saturated heterocycles. The molecular formula is C51H47Cl2N5O8S. The van der Waals surface area contributed by atoms with Gasteiger partial charge in [0.25, 0.3) is 0 Å². The molecule has 0 saturated carbocycles. The molecule has 2 aliphatic heterocycles. The van der Waals surface area contributed by atoms with E-state index >= 15 is 0 Å². The van der Waals surface area contributed by atoms with Gasteiger partial charge in [-0.3, -0.25) is 4.79 Å². The van der Waals surface area contributed by atoms with Crippen LogP contribution in [0.2, 0.25) is 10.0 Å². The van der Waals surface area contributed by atoms with Crippen LogP contribution in [0.15, 0.2) is 120 Å². The number of pyridine rings is 1. The number of rotatable bonds is 15. The molecule has 0 spiro atoms. The number of aromatic nitrogens is 1. The topological polar surface area (TPSA) is 180 Å². The van der Waals surface area contributed by atoms with Crippen molar-refractivity contribution in [2.45, 2.75) is 69.8 Å². The zero-order chi connectivity index (χ0) is 47.4. The van der Waals surface area contributed by atoms with Gasteiger partial charge in [0, 0.05) is 19.5 Å². The van der Waals surface area contributed by atoms with Gasteiger partial charge < -0.3 is 30.0 Å². The average Bonchev–Trinajstić information content (AvgIpc) is 3.32. The molecule has 0 fully saturated rings. The SMILES string of the molecule is Cc1nc(NCC(C)C)ccc1S(=O)(=O)N1Cc2cc3c(cc2CC1C(=O)NC(Cc1ccc(-c2ccc(C#N)cc2)cc1)C(=O)O)OCC(c1ccc(OCc2ccc(Cl)c(Cl)c2)cc1)O3. The highest BCUT2D eigenvalue weighted by molar-refractivity contribution is 7.89. The molecule has 2 aliphatic rings. The number of nitrogens with zero attached hydrogens (tertiary/aromatic N) is 3. The lowest BCUT2D eigenvalue weighted by atomic mass is 9.93. The molecule has 3 N–H and O–H groups in total. The second kappa shape index (κ2) is 20.1. The number of amides is 1. The van der Waals surface area contributed by atoms with E-state index in [-0.39, 0.29) is 36.6 Å². The third-order valence-electron chi connectivity index (χ3n) is 11.6. The van der Waals surface area contributed by atoms with E-state index in [2.05, 4.69) is 21.7 Å². The van der Waals surface area contributed by atoms with Crippen molar-refractivity contribution in [3.63, 3.8) is 0 Å². The second-order valence-corrected chi connectivity index (χ2v) is 19.6. The van der Waals surface area contributed by atoms with Crippen molar-refractivity contribution in [3.05, 3.63) is 164 Å². The van der Waals surface area contributed by atoms with E-state index in [0.717, 1.165) is 26.6 Å². The van der Waals surface area contributed by atoms with Gasteiger partial charge in [-0.2, -0.15) is 9.57 Å². The average molecular weight is 961 g/mol. The van der Waals surface area contributed by atoms with Gasteiger partial charge in [0.1, 0.15) is 41.8 Å². The smallest absolute Gasteiger partial charge is 0.326 e. The zero-order valence-corrected chi connectivity index (χ0v) is 39.2. The minimum absolute atomic E-state index is 0.0625. The Hall–Kier alpha value is -6.63. The van der Waals surface area contributed by atoms with Gasteiger partial charge in [0.05, 0.1) is 27.4 Å². The molecule has 5 aromatic carbocycles. The van der Waals surface area contributed by atoms with Gasteiger partial charge in [-0.15, -0.1) is 0 Å². The van der Waals surface area contributed by atoms with Crippen molar-refractivity contribution >= 4 is 50.9 Å². The van der Waals surface area contributed by atoms with Gasteiger partial charge in [-0.25, -0.2) is 18.2 Å². The van der Waals surface area contributed by atoms with E-state index in [4.69, 9.17) is 42.7 Å². The van der Waals surface area contributed by atoms with Crippen molar-refractivity contribution in [2.75, 3.05) is 18.5 Å². The largest absolute Gasteiger partial charge is 0.489 e. The first-order chi connectivity index (χ1) is 32.1. The van der Waals surface area contributed by atoms with Crippen LogP contribution in [0, 0.1) is 24.2 Å². The van der Waals surface area contributed by atoms with Crippen LogP contribution in [0.5, 0.6) is 17.2 Å². The van der Waals surface area contributed by atoms with Crippen LogP contribution in [-0.4, -0.2) is 59.9 Å². The predicted octanol–water partition coefficient (Wildman–Crippen LogP) is 9.32. The molecule has 8 rings (SSSR count). The fraction of sp³-hybridized carbons (Fsp3) is 0.255. The summed E-state index contributed by atoms with van der Waals surface area (Å²) in [6.07, 6.45) is -0.628. The Balaban J connectivity index is 1.03. The van der Waals surface area contributed by atoms with Crippen molar-refractivity contribution in [1.29, 1.82) is 5.26 Å². The normalized spacial score (nSPS) is 16.1. The molecule has 1 amide bonds. The number of nitriles is 1. The maximum atomic E-state index is 14.8. The summed E-state index contributed by atoms with van der Waals surface area (Å²) in [5.41, 5.74) is 6.11. The lowest BCUT2D eigenvalue weighted by Gasteiger charge is -2.37. The van der Waals surface area contributed by atoms with Gasteiger partial charge in [-0.05, 0) is 119 Å². The summed E-state index contributed by atoms with van der Waals surface area (Å²) in [6, 6.07) is 33.1. The van der Waals surface area contributed by atoms with E-state index in [0.29, 0.717) is 74.4 Å². The summed E-state index contributed by atoms with van der Waals surface area (Å²) in [4.78, 5) is 31.6. The standard InChI is InChI=1S/C51H47Cl2N5O8S/c1-30(2)26-55-49-19-18-48(31(3)56-49)67(62,63)58-27-39-24-46-45(65-29-47(66-46)37-13-15-40(16-14-37)64-28-34-8-17-41(52)42(53)20-34)23-38(39)22-44(58)50(59)57-43(51(60)61)21-32-4-9-35(10-5-32)36-11-6-33(25-54)7-12-36/h4-20,23-24,30,43-44,47H,21-22,26-29H2,1-3H3,(H,55,56)(H,57,59)(H,60,61). The summed E-state index contributed by atoms with van der Waals surface area (Å²) in [5, 5.41) is 26.3. The molecule has 3 unspecified atom stereocenters. The molecule has 344 valence electrons. The summed E-state index contributed by atoms with van der Waals surface area (Å²) in [6.45, 7) is 6.59. The molecule has 3 atom stereocenters. The lowest BCUT2D eigenvalue weighted by Crippen LogP contribution is -2.55. The van der Waals surface area contributed by atoms with Crippen LogP contribution >= 0.6 is 23.2 Å². The van der Waals surface area contributed by atoms with Crippen molar-refractivity contribution in [1.82, 2.24) is 14.6 Å². The lowest BCUT2D eigenvalue weighted by molar-refractivity contribution is -0.142. The van der Waals surface area contributed by atoms with Crippen LogP contribution in [0.4, 0.5) is 5.82 Å². The number of nitrogens with one attached hydrogen (secondary N) is 2. The number of ether oxygens (including phenoxy) is 3. The number of benzene rings is 5. The fourth-order valence-electron chi connectivity index (χ4n) is 7.97. The first-order valence-electron chi connectivity index (χ1n) is 21.6. The maximum Gasteiger partial charge on any atom is 0.326 e. The highest BCUT2D eigenvalue weighted by Gasteiger charge is 2.42. The molecule has 0 bridgehead atoms. The summed E-state index contributed by atoms with van der Waals surface area (Å²) in [5.74, 6) is 0.270. The monoisotopic (exact) mass is 959 g/mol. The van der Waals surface area contributed by atoms with Crippen molar-refractivity contribution < 1.29 is 37.3 Å². The van der Waals surface area contributed by atoms with Crippen molar-refractivity contribution in [2.24, 2.45) is 5.92 Å². The van der Waals surface area contributed by atoms with E-state index in [9.17, 15) is 23.1 Å². The number of hydrogen-bond acceptors (Lipinski definition) is 10. The number of carbonyl (C=O) groups excluding carboxylic acids is 1. The van der Waals surface area contributed by atoms with Crippen LogP contribution < -0.4 is 24.8 Å². The first kappa shape index (κ1) is 46.9. The number of carboxylic acids is 1. The Morgan fingerprint density at radius 2 is 1.58 bits per heavy atom. The van der Waals surface area contributed by atoms with Crippen LogP contribution in [0.1, 0.15) is 59.0 Å². The van der Waals surface area contributed by atoms with Crippen LogP contribution in [0.25, 0.3) is 11.1 Å². The molecule has 0 aliphatic carbocycles. The number of aliphatic carboxylic acids is 1. The van der Waals surface area contributed by atoms with Gasteiger partial charge in [-0.1, -0.05) is 91.6 Å². The number of halogens is 2. The van der Waals surface area contributed by atoms with E-state index in [1.165, 1.54) is 6.07 Å². The van der Waals surface area contributed by atoms with Crippen LogP contribution in [0.3, 0.4) is 0 Å². The molecule has 3 heterocycles. The molecule has 16 heteroatoms. The Morgan fingerprint density at radius 3 is 2.24 bits per heavy atom. The summed E-state index contributed by atoms with van der Waals surface area (Å²) >= 11 is 12.2. The third-order valence-corrected chi connectivity index (χ3v) is 14.4. The number of fused-ring (bicyclic) bond motifs is 2. The predicted molar refractivity (Wildman–Crippen MR) is 255 cm³/mol. The maximum absolute atomic E-state index is 14.8. The Labute approximate surface area is 399 Å². The number of aryl methyl sites for hydroxylation is 1. The van der Waals surface area contributed by atoms with E-state index < -0.39 is 40.1 Å². The molecule has 13 nitrogen and oxygen atoms in total. The summed E-state index contributed by atoms with van der Waals surface area (Å²) in [7, 11) is -4.41. The molecule has 1 aromatic heterocycles. The third kappa shape index (κ3) is 10.8. The van der Waals surface area contributed by atoms with E-state index in [1.807, 2.05) is 68.4 Å². The quantitative estimate of drug-likeness (QED) is 0.0893. The highest BCUT2D eigenvalue weighted by Crippen LogP contribution is 2.42. The van der Waals surface area contributed by atoms with Crippen molar-refractivity contribution in [3.8, 4) is 34.4 Å². The number of sulfonamides is 1. The number of carbonyl (C=O) groups is 2. The van der Waals surface area contributed by atoms with E-state index in [1.54, 1.807) is 61.5 Å². The van der Waals surface area contributed by atoms with Gasteiger partial charge in [0.2, 0.25) is 15.9 Å². The van der Waals surface area contributed by atoms with Gasteiger partial charge in [0.15, 0.2) is 17.6 Å². The summed E-state index contributed by atoms with van der Waals surface area (Å²) < 4.78 is 49.4. The Bertz CT molecular complexity index is 2960. The second-order valence-electron chi connectivity index (χ2n) is 16.9.